The highest BCUT2D eigenvalue weighted by molar-refractivity contribution is 6.34. The molecule has 1 aromatic carbocycles. The Morgan fingerprint density at radius 1 is 1.19 bits per heavy atom. The first-order valence-electron chi connectivity index (χ1n) is 5.73. The Morgan fingerprint density at radius 3 is 2.57 bits per heavy atom. The summed E-state index contributed by atoms with van der Waals surface area (Å²) in [6.07, 6.45) is 0. The summed E-state index contributed by atoms with van der Waals surface area (Å²) in [4.78, 5) is 23.4. The minimum absolute atomic E-state index is 0.00721. The average Bonchev–Trinajstić information content (AvgIpc) is 2.43. The fourth-order valence-electron chi connectivity index (χ4n) is 1.71. The Morgan fingerprint density at radius 2 is 1.90 bits per heavy atom. The van der Waals surface area contributed by atoms with Crippen LogP contribution >= 0.6 is 23.2 Å². The number of amides is 1. The Balaban J connectivity index is 2.41. The maximum absolute atomic E-state index is 12.2. The normalized spacial score (nSPS) is 10.2. The van der Waals surface area contributed by atoms with E-state index >= 15 is 0 Å². The Bertz CT molecular complexity index is 735. The van der Waals surface area contributed by atoms with Crippen molar-refractivity contribution in [1.82, 2.24) is 10.2 Å². The van der Waals surface area contributed by atoms with Gasteiger partial charge in [-0.3, -0.25) is 4.79 Å². The van der Waals surface area contributed by atoms with Gasteiger partial charge in [-0.1, -0.05) is 35.3 Å². The second-order valence-electron chi connectivity index (χ2n) is 4.13. The number of aromatic nitrogens is 2. The number of nitrogens with one attached hydrogen (secondary N) is 1. The standard InChI is InChI=1S/C13H9Cl2N3O3/c1-6-3-2-4-7(13(20)21)10(6)16-12(19)8-5-9(14)17-18-11(8)15/h2-5H,1H3,(H,16,19)(H,20,21). The average molecular weight is 326 g/mol. The van der Waals surface area contributed by atoms with Gasteiger partial charge in [-0.05, 0) is 24.6 Å². The highest BCUT2D eigenvalue weighted by atomic mass is 35.5. The number of aromatic carboxylic acids is 1. The van der Waals surface area contributed by atoms with Gasteiger partial charge in [0.05, 0.1) is 16.8 Å². The quantitative estimate of drug-likeness (QED) is 0.904. The summed E-state index contributed by atoms with van der Waals surface area (Å²) >= 11 is 11.5. The van der Waals surface area contributed by atoms with E-state index in [-0.39, 0.29) is 27.1 Å². The van der Waals surface area contributed by atoms with Crippen LogP contribution < -0.4 is 5.32 Å². The number of rotatable bonds is 3. The molecule has 108 valence electrons. The van der Waals surface area contributed by atoms with E-state index in [2.05, 4.69) is 15.5 Å². The van der Waals surface area contributed by atoms with Crippen LogP contribution in [0, 0.1) is 6.92 Å². The lowest BCUT2D eigenvalue weighted by atomic mass is 10.1. The molecule has 6 nitrogen and oxygen atoms in total. The monoisotopic (exact) mass is 325 g/mol. The predicted molar refractivity (Wildman–Crippen MR) is 78.1 cm³/mol. The minimum atomic E-state index is -1.15. The van der Waals surface area contributed by atoms with Crippen molar-refractivity contribution in [3.8, 4) is 0 Å². The van der Waals surface area contributed by atoms with Crippen LogP contribution in [0.5, 0.6) is 0 Å². The lowest BCUT2D eigenvalue weighted by molar-refractivity contribution is 0.0698. The molecule has 1 aromatic heterocycles. The van der Waals surface area contributed by atoms with Crippen LogP contribution in [0.1, 0.15) is 26.3 Å². The number of hydrogen-bond acceptors (Lipinski definition) is 4. The summed E-state index contributed by atoms with van der Waals surface area (Å²) in [5.41, 5.74) is 0.787. The number of nitrogens with zero attached hydrogens (tertiary/aromatic N) is 2. The maximum Gasteiger partial charge on any atom is 0.337 e. The fourth-order valence-corrected chi connectivity index (χ4v) is 2.03. The van der Waals surface area contributed by atoms with Crippen molar-refractivity contribution in [3.63, 3.8) is 0 Å². The summed E-state index contributed by atoms with van der Waals surface area (Å²) in [6, 6.07) is 5.92. The van der Waals surface area contributed by atoms with E-state index in [4.69, 9.17) is 28.3 Å². The number of para-hydroxylation sites is 1. The van der Waals surface area contributed by atoms with E-state index in [0.29, 0.717) is 5.56 Å². The summed E-state index contributed by atoms with van der Waals surface area (Å²) in [5, 5.41) is 18.6. The van der Waals surface area contributed by atoms with Crippen LogP contribution in [0.2, 0.25) is 10.3 Å². The summed E-state index contributed by atoms with van der Waals surface area (Å²) < 4.78 is 0. The molecule has 2 N–H and O–H groups in total. The van der Waals surface area contributed by atoms with Gasteiger partial charge in [0.1, 0.15) is 0 Å². The number of carboxylic acid groups (broad SMARTS) is 1. The van der Waals surface area contributed by atoms with Crippen molar-refractivity contribution in [2.75, 3.05) is 5.32 Å². The first-order valence-corrected chi connectivity index (χ1v) is 6.48. The molecular weight excluding hydrogens is 317 g/mol. The molecule has 2 rings (SSSR count). The number of halogens is 2. The molecule has 1 amide bonds. The second kappa shape index (κ2) is 6.07. The van der Waals surface area contributed by atoms with E-state index in [1.807, 2.05) is 0 Å². The zero-order valence-corrected chi connectivity index (χ0v) is 12.2. The van der Waals surface area contributed by atoms with Crippen LogP contribution in [0.25, 0.3) is 0 Å². The van der Waals surface area contributed by atoms with Gasteiger partial charge in [0.15, 0.2) is 10.3 Å². The van der Waals surface area contributed by atoms with Gasteiger partial charge in [-0.2, -0.15) is 0 Å². The van der Waals surface area contributed by atoms with Crippen LogP contribution in [-0.4, -0.2) is 27.2 Å². The van der Waals surface area contributed by atoms with Gasteiger partial charge in [0, 0.05) is 0 Å². The molecule has 0 saturated heterocycles. The third kappa shape index (κ3) is 3.29. The molecule has 0 radical (unpaired) electrons. The molecule has 0 unspecified atom stereocenters. The lowest BCUT2D eigenvalue weighted by Crippen LogP contribution is -2.17. The predicted octanol–water partition coefficient (Wildman–Crippen LogP) is 3.04. The van der Waals surface area contributed by atoms with Crippen LogP contribution in [0.4, 0.5) is 5.69 Å². The summed E-state index contributed by atoms with van der Waals surface area (Å²) in [6.45, 7) is 1.68. The van der Waals surface area contributed by atoms with Crippen molar-refractivity contribution in [3.05, 3.63) is 51.3 Å². The summed E-state index contributed by atoms with van der Waals surface area (Å²) in [5.74, 6) is -1.76. The number of carbonyl (C=O) groups is 2. The zero-order chi connectivity index (χ0) is 15.6. The first-order chi connectivity index (χ1) is 9.90. The number of carboxylic acids is 1. The van der Waals surface area contributed by atoms with Gasteiger partial charge in [0.25, 0.3) is 5.91 Å². The van der Waals surface area contributed by atoms with Gasteiger partial charge in [-0.15, -0.1) is 10.2 Å². The van der Waals surface area contributed by atoms with Gasteiger partial charge >= 0.3 is 5.97 Å². The van der Waals surface area contributed by atoms with Crippen molar-refractivity contribution in [2.24, 2.45) is 0 Å². The first kappa shape index (κ1) is 15.2. The smallest absolute Gasteiger partial charge is 0.337 e. The number of anilines is 1. The molecule has 0 saturated carbocycles. The number of hydrogen-bond donors (Lipinski definition) is 2. The third-order valence-corrected chi connectivity index (χ3v) is 3.17. The maximum atomic E-state index is 12.2. The highest BCUT2D eigenvalue weighted by Gasteiger charge is 2.18. The highest BCUT2D eigenvalue weighted by Crippen LogP contribution is 2.23. The van der Waals surface area contributed by atoms with Gasteiger partial charge in [0.2, 0.25) is 0 Å². The summed E-state index contributed by atoms with van der Waals surface area (Å²) in [7, 11) is 0. The molecule has 0 aliphatic carbocycles. The molecule has 0 atom stereocenters. The van der Waals surface area contributed by atoms with Crippen molar-refractivity contribution < 1.29 is 14.7 Å². The third-order valence-electron chi connectivity index (χ3n) is 2.71. The molecular formula is C13H9Cl2N3O3. The van der Waals surface area contributed by atoms with E-state index in [1.54, 1.807) is 19.1 Å². The molecule has 2 aromatic rings. The van der Waals surface area contributed by atoms with E-state index in [9.17, 15) is 9.59 Å². The second-order valence-corrected chi connectivity index (χ2v) is 4.87. The zero-order valence-electron chi connectivity index (χ0n) is 10.7. The SMILES string of the molecule is Cc1cccc(C(=O)O)c1NC(=O)c1cc(Cl)nnc1Cl. The number of benzene rings is 1. The van der Waals surface area contributed by atoms with Crippen molar-refractivity contribution in [2.45, 2.75) is 6.92 Å². The Hall–Kier alpha value is -2.18. The molecule has 0 aliphatic heterocycles. The molecule has 8 heteroatoms. The van der Waals surface area contributed by atoms with Crippen molar-refractivity contribution >= 4 is 40.8 Å². The van der Waals surface area contributed by atoms with Gasteiger partial charge in [-0.25, -0.2) is 4.79 Å². The van der Waals surface area contributed by atoms with E-state index in [0.717, 1.165) is 0 Å². The molecule has 0 spiro atoms. The molecule has 0 aliphatic rings. The lowest BCUT2D eigenvalue weighted by Gasteiger charge is -2.11. The Kier molecular flexibility index (Phi) is 4.40. The fraction of sp³-hybridized carbons (Fsp3) is 0.0769. The largest absolute Gasteiger partial charge is 0.478 e. The molecule has 1 heterocycles. The molecule has 0 fully saturated rings. The van der Waals surface area contributed by atoms with Crippen LogP contribution in [-0.2, 0) is 0 Å². The molecule has 0 bridgehead atoms. The van der Waals surface area contributed by atoms with Crippen LogP contribution in [0.3, 0.4) is 0 Å². The number of aryl methyl sites for hydroxylation is 1. The van der Waals surface area contributed by atoms with Crippen LogP contribution in [0.15, 0.2) is 24.3 Å². The van der Waals surface area contributed by atoms with Gasteiger partial charge < -0.3 is 10.4 Å². The number of carbonyl (C=O) groups excluding carboxylic acids is 1. The minimum Gasteiger partial charge on any atom is -0.478 e. The van der Waals surface area contributed by atoms with E-state index in [1.165, 1.54) is 12.1 Å². The topological polar surface area (TPSA) is 92.2 Å². The van der Waals surface area contributed by atoms with E-state index < -0.39 is 11.9 Å². The van der Waals surface area contributed by atoms with Crippen molar-refractivity contribution in [1.29, 1.82) is 0 Å². The Labute approximate surface area is 129 Å². The molecule has 21 heavy (non-hydrogen) atoms.